The third-order valence-corrected chi connectivity index (χ3v) is 4.40. The summed E-state index contributed by atoms with van der Waals surface area (Å²) in [4.78, 5) is 25.2. The van der Waals surface area contributed by atoms with Crippen LogP contribution in [-0.2, 0) is 14.3 Å². The van der Waals surface area contributed by atoms with E-state index in [9.17, 15) is 9.59 Å². The van der Waals surface area contributed by atoms with Crippen LogP contribution in [0.15, 0.2) is 18.2 Å². The van der Waals surface area contributed by atoms with Crippen LogP contribution in [-0.4, -0.2) is 37.3 Å². The van der Waals surface area contributed by atoms with E-state index in [2.05, 4.69) is 12.2 Å². The van der Waals surface area contributed by atoms with Crippen LogP contribution in [0.2, 0.25) is 0 Å². The summed E-state index contributed by atoms with van der Waals surface area (Å²) in [5.74, 6) is -0.239. The molecule has 1 N–H and O–H groups in total. The third kappa shape index (κ3) is 7.15. The minimum Gasteiger partial charge on any atom is -0.493 e. The maximum Gasteiger partial charge on any atom is 0.341 e. The van der Waals surface area contributed by atoms with Gasteiger partial charge >= 0.3 is 5.97 Å². The van der Waals surface area contributed by atoms with E-state index >= 15 is 0 Å². The van der Waals surface area contributed by atoms with Gasteiger partial charge in [0.25, 0.3) is 5.91 Å². The molecule has 0 unspecified atom stereocenters. The van der Waals surface area contributed by atoms with Crippen LogP contribution in [0.3, 0.4) is 0 Å². The number of amides is 1. The van der Waals surface area contributed by atoms with Gasteiger partial charge < -0.3 is 19.5 Å². The van der Waals surface area contributed by atoms with Gasteiger partial charge in [-0.2, -0.15) is 0 Å². The Morgan fingerprint density at radius 2 is 1.79 bits per heavy atom. The van der Waals surface area contributed by atoms with Gasteiger partial charge in [0, 0.05) is 12.3 Å². The monoisotopic (exact) mass is 393 g/mol. The molecule has 1 amide bonds. The molecule has 0 aliphatic rings. The Hall–Kier alpha value is -2.08. The van der Waals surface area contributed by atoms with Gasteiger partial charge in [0.15, 0.2) is 0 Å². The molecule has 1 aromatic rings. The Balaban J connectivity index is 3.02. The Kier molecular flexibility index (Phi) is 10.6. The van der Waals surface area contributed by atoms with E-state index < -0.39 is 11.6 Å². The molecule has 28 heavy (non-hydrogen) atoms. The number of esters is 1. The lowest BCUT2D eigenvalue weighted by atomic mass is 9.96. The number of carbonyl (C=O) groups excluding carboxylic acids is 2. The summed E-state index contributed by atoms with van der Waals surface area (Å²) in [5.41, 5.74) is -0.0960. The normalized spacial score (nSPS) is 12.9. The van der Waals surface area contributed by atoms with Crippen molar-refractivity contribution in [3.05, 3.63) is 23.8 Å². The van der Waals surface area contributed by atoms with Gasteiger partial charge in [0.1, 0.15) is 16.9 Å². The first-order valence-electron chi connectivity index (χ1n) is 10.3. The van der Waals surface area contributed by atoms with Crippen LogP contribution >= 0.6 is 0 Å². The predicted molar refractivity (Wildman–Crippen MR) is 111 cm³/mol. The Labute approximate surface area is 168 Å². The van der Waals surface area contributed by atoms with Crippen molar-refractivity contribution in [3.63, 3.8) is 0 Å². The molecule has 158 valence electrons. The van der Waals surface area contributed by atoms with Crippen LogP contribution in [0.4, 0.5) is 5.69 Å². The number of hydrogen-bond acceptors (Lipinski definition) is 5. The Morgan fingerprint density at radius 3 is 2.39 bits per heavy atom. The van der Waals surface area contributed by atoms with Gasteiger partial charge in [-0.05, 0) is 51.8 Å². The zero-order chi connectivity index (χ0) is 21.0. The van der Waals surface area contributed by atoms with Crippen molar-refractivity contribution >= 4 is 17.6 Å². The number of anilines is 1. The average molecular weight is 394 g/mol. The van der Waals surface area contributed by atoms with Crippen LogP contribution in [0.25, 0.3) is 0 Å². The van der Waals surface area contributed by atoms with Crippen molar-refractivity contribution in [2.24, 2.45) is 0 Å². The predicted octanol–water partition coefficient (Wildman–Crippen LogP) is 4.97. The molecule has 0 aliphatic carbocycles. The van der Waals surface area contributed by atoms with Crippen LogP contribution in [0.1, 0.15) is 77.1 Å². The summed E-state index contributed by atoms with van der Waals surface area (Å²) in [7, 11) is 0. The summed E-state index contributed by atoms with van der Waals surface area (Å²) < 4.78 is 16.5. The van der Waals surface area contributed by atoms with E-state index in [4.69, 9.17) is 14.2 Å². The van der Waals surface area contributed by atoms with Gasteiger partial charge in [-0.3, -0.25) is 4.79 Å². The summed E-state index contributed by atoms with van der Waals surface area (Å²) in [5, 5.41) is 2.89. The lowest BCUT2D eigenvalue weighted by Gasteiger charge is -2.28. The molecule has 6 heteroatoms. The van der Waals surface area contributed by atoms with E-state index in [1.54, 1.807) is 25.1 Å². The molecule has 0 radical (unpaired) electrons. The van der Waals surface area contributed by atoms with Crippen molar-refractivity contribution in [2.75, 3.05) is 25.1 Å². The van der Waals surface area contributed by atoms with Crippen LogP contribution in [0, 0.1) is 0 Å². The molecular formula is C22H35NO5. The first-order chi connectivity index (χ1) is 13.4. The molecule has 0 spiro atoms. The number of hydrogen-bond donors (Lipinski definition) is 1. The molecular weight excluding hydrogens is 358 g/mol. The lowest BCUT2D eigenvalue weighted by molar-refractivity contribution is -0.139. The second-order valence-corrected chi connectivity index (χ2v) is 6.85. The number of nitrogens with one attached hydrogen (secondary N) is 1. The van der Waals surface area contributed by atoms with Gasteiger partial charge in [0.05, 0.1) is 13.2 Å². The zero-order valence-electron chi connectivity index (χ0n) is 17.9. The van der Waals surface area contributed by atoms with Gasteiger partial charge in [0.2, 0.25) is 0 Å². The molecule has 6 nitrogen and oxygen atoms in total. The van der Waals surface area contributed by atoms with Crippen molar-refractivity contribution in [2.45, 2.75) is 72.3 Å². The second kappa shape index (κ2) is 12.4. The third-order valence-electron chi connectivity index (χ3n) is 4.40. The van der Waals surface area contributed by atoms with E-state index in [0.29, 0.717) is 36.6 Å². The SMILES string of the molecule is CCCCC[C@](C)(OCC)C(=O)Nc1ccc(OCCC)c(C(=O)OCC)c1. The highest BCUT2D eigenvalue weighted by Crippen LogP contribution is 2.27. The fourth-order valence-electron chi connectivity index (χ4n) is 2.86. The molecule has 0 fully saturated rings. The molecule has 1 rings (SSSR count). The van der Waals surface area contributed by atoms with E-state index in [0.717, 1.165) is 25.7 Å². The standard InChI is InChI=1S/C22H35NO5/c1-6-10-11-14-22(5,28-9-4)21(25)23-17-12-13-19(27-15-7-2)18(16-17)20(24)26-8-3/h12-13,16H,6-11,14-15H2,1-5H3,(H,23,25)/t22-/m0/s1. The van der Waals surface area contributed by atoms with E-state index in [-0.39, 0.29) is 12.5 Å². The lowest BCUT2D eigenvalue weighted by Crippen LogP contribution is -2.42. The highest BCUT2D eigenvalue weighted by molar-refractivity contribution is 5.99. The number of rotatable bonds is 13. The van der Waals surface area contributed by atoms with Crippen molar-refractivity contribution in [3.8, 4) is 5.75 Å². The molecule has 1 atom stereocenters. The Morgan fingerprint density at radius 1 is 1.04 bits per heavy atom. The smallest absolute Gasteiger partial charge is 0.341 e. The van der Waals surface area contributed by atoms with Crippen LogP contribution < -0.4 is 10.1 Å². The fourth-order valence-corrected chi connectivity index (χ4v) is 2.86. The molecule has 0 saturated heterocycles. The van der Waals surface area contributed by atoms with Crippen molar-refractivity contribution < 1.29 is 23.8 Å². The molecule has 0 aromatic heterocycles. The average Bonchev–Trinajstić information content (AvgIpc) is 2.67. The summed E-state index contributed by atoms with van der Waals surface area (Å²) in [6.45, 7) is 10.8. The molecule has 1 aromatic carbocycles. The molecule has 0 bridgehead atoms. The quantitative estimate of drug-likeness (QED) is 0.378. The topological polar surface area (TPSA) is 73.9 Å². The van der Waals surface area contributed by atoms with Crippen molar-refractivity contribution in [1.29, 1.82) is 0 Å². The minimum absolute atomic E-state index is 0.220. The van der Waals surface area contributed by atoms with E-state index in [1.165, 1.54) is 0 Å². The molecule has 0 aliphatic heterocycles. The van der Waals surface area contributed by atoms with Gasteiger partial charge in [-0.25, -0.2) is 4.79 Å². The van der Waals surface area contributed by atoms with Crippen LogP contribution in [0.5, 0.6) is 5.75 Å². The van der Waals surface area contributed by atoms with Crippen molar-refractivity contribution in [1.82, 2.24) is 0 Å². The Bertz CT molecular complexity index is 631. The molecule has 0 saturated carbocycles. The number of carbonyl (C=O) groups is 2. The van der Waals surface area contributed by atoms with Gasteiger partial charge in [-0.15, -0.1) is 0 Å². The summed E-state index contributed by atoms with van der Waals surface area (Å²) in [6, 6.07) is 5.01. The highest BCUT2D eigenvalue weighted by Gasteiger charge is 2.33. The van der Waals surface area contributed by atoms with E-state index in [1.807, 2.05) is 20.8 Å². The maximum atomic E-state index is 12.9. The number of ether oxygens (including phenoxy) is 3. The maximum absolute atomic E-state index is 12.9. The fraction of sp³-hybridized carbons (Fsp3) is 0.636. The zero-order valence-corrected chi connectivity index (χ0v) is 17.9. The molecule has 0 heterocycles. The summed E-state index contributed by atoms with van der Waals surface area (Å²) in [6.07, 6.45) is 4.50. The van der Waals surface area contributed by atoms with Gasteiger partial charge in [-0.1, -0.05) is 33.1 Å². The first-order valence-corrected chi connectivity index (χ1v) is 10.3. The minimum atomic E-state index is -0.911. The first kappa shape index (κ1) is 24.0. The highest BCUT2D eigenvalue weighted by atomic mass is 16.5. The number of benzene rings is 1. The second-order valence-electron chi connectivity index (χ2n) is 6.85. The largest absolute Gasteiger partial charge is 0.493 e. The summed E-state index contributed by atoms with van der Waals surface area (Å²) >= 11 is 0. The number of unbranched alkanes of at least 4 members (excludes halogenated alkanes) is 2.